The average molecular weight is 602 g/mol. The topological polar surface area (TPSA) is 126 Å². The first-order chi connectivity index (χ1) is 20.7. The number of ether oxygens (including phenoxy) is 1. The Kier molecular flexibility index (Phi) is 9.87. The third-order valence-electron chi connectivity index (χ3n) is 7.47. The first-order valence-corrected chi connectivity index (χ1v) is 13.8. The van der Waals surface area contributed by atoms with Gasteiger partial charge >= 0.3 is 11.9 Å². The summed E-state index contributed by atoms with van der Waals surface area (Å²) in [6, 6.07) is 14.0. The van der Waals surface area contributed by atoms with E-state index < -0.39 is 18.0 Å². The molecule has 1 saturated heterocycles. The Bertz CT molecular complexity index is 1750. The van der Waals surface area contributed by atoms with Gasteiger partial charge in [-0.3, -0.25) is 4.57 Å². The first kappa shape index (κ1) is 31.7. The van der Waals surface area contributed by atoms with Crippen LogP contribution in [0.1, 0.15) is 45.0 Å². The van der Waals surface area contributed by atoms with Crippen LogP contribution in [-0.2, 0) is 15.7 Å². The van der Waals surface area contributed by atoms with Crippen LogP contribution in [0.4, 0.5) is 19.0 Å². The fraction of sp³-hybridized carbons (Fsp3) is 0.400. The fourth-order valence-corrected chi connectivity index (χ4v) is 5.38. The molecule has 0 unspecified atom stereocenters. The summed E-state index contributed by atoms with van der Waals surface area (Å²) in [5, 5.41) is 7.49. The largest absolute Gasteiger partial charge is 0.451 e. The number of aromatic nitrogens is 4. The van der Waals surface area contributed by atoms with Gasteiger partial charge in [-0.2, -0.15) is 13.2 Å². The Morgan fingerprint density at radius 1 is 1.16 bits per heavy atom. The highest BCUT2D eigenvalue weighted by Crippen LogP contribution is 2.38. The lowest BCUT2D eigenvalue weighted by Crippen LogP contribution is -2.32. The Morgan fingerprint density at radius 2 is 1.86 bits per heavy atom. The molecule has 1 aliphatic rings. The third kappa shape index (κ3) is 6.27. The van der Waals surface area contributed by atoms with Gasteiger partial charge in [0.2, 0.25) is 5.82 Å². The molecule has 4 heterocycles. The molecule has 13 heteroatoms. The van der Waals surface area contributed by atoms with Gasteiger partial charge in [0, 0.05) is 26.2 Å². The zero-order valence-corrected chi connectivity index (χ0v) is 24.3. The second-order valence-corrected chi connectivity index (χ2v) is 9.92. The number of halogens is 3. The van der Waals surface area contributed by atoms with Crippen LogP contribution >= 0.6 is 0 Å². The maximum Gasteiger partial charge on any atom is 0.451 e. The van der Waals surface area contributed by atoms with Crippen molar-refractivity contribution < 1.29 is 32.2 Å². The molecule has 3 atom stereocenters. The number of alkyl halides is 3. The molecule has 3 aromatic heterocycles. The number of aromatic amines is 1. The molecule has 0 aliphatic carbocycles. The average Bonchev–Trinajstić information content (AvgIpc) is 3.73. The second-order valence-electron chi connectivity index (χ2n) is 9.92. The maximum absolute atomic E-state index is 13.2. The fourth-order valence-electron chi connectivity index (χ4n) is 5.38. The number of methoxy groups -OCH3 is 1. The summed E-state index contributed by atoms with van der Waals surface area (Å²) in [7, 11) is 2.67. The maximum atomic E-state index is 13.2. The van der Waals surface area contributed by atoms with E-state index in [2.05, 4.69) is 21.9 Å². The van der Waals surface area contributed by atoms with Crippen LogP contribution in [-0.4, -0.2) is 63.8 Å². The highest BCUT2D eigenvalue weighted by molar-refractivity contribution is 6.06. The summed E-state index contributed by atoms with van der Waals surface area (Å²) in [6.45, 7) is 4.50. The number of nitrogens with zero attached hydrogens (tertiary/aromatic N) is 4. The van der Waals surface area contributed by atoms with Crippen molar-refractivity contribution >= 4 is 45.2 Å². The number of rotatable bonds is 6. The molecule has 5 aromatic rings. The zero-order chi connectivity index (χ0) is 31.3. The minimum atomic E-state index is -4.68. The van der Waals surface area contributed by atoms with Gasteiger partial charge in [-0.15, -0.1) is 0 Å². The lowest BCUT2D eigenvalue weighted by atomic mass is 10.1. The van der Waals surface area contributed by atoms with E-state index in [4.69, 9.17) is 14.3 Å². The summed E-state index contributed by atoms with van der Waals surface area (Å²) in [5.41, 5.74) is 2.47. The quantitative estimate of drug-likeness (QED) is 0.245. The Morgan fingerprint density at radius 3 is 2.53 bits per heavy atom. The number of furan rings is 1. The van der Waals surface area contributed by atoms with E-state index in [9.17, 15) is 22.8 Å². The van der Waals surface area contributed by atoms with E-state index in [1.807, 2.05) is 31.2 Å². The SMILES string of the molecule is CC[C@@H]([C@H](C)OC)n1c(=O)[nH]c2ccccc21.CO.O=C[C@@H]1CCCN1c1nc(C(F)(F)F)nc2c1oc1ccccc12. The molecule has 0 amide bonds. The number of aliphatic hydroxyl groups excluding tert-OH is 1. The van der Waals surface area contributed by atoms with Crippen molar-refractivity contribution in [2.24, 2.45) is 0 Å². The third-order valence-corrected chi connectivity index (χ3v) is 7.47. The molecule has 0 saturated carbocycles. The van der Waals surface area contributed by atoms with Crippen molar-refractivity contribution in [2.75, 3.05) is 25.7 Å². The number of fused-ring (bicyclic) bond motifs is 4. The summed E-state index contributed by atoms with van der Waals surface area (Å²) in [5.74, 6) is -1.20. The molecule has 6 rings (SSSR count). The van der Waals surface area contributed by atoms with Gasteiger partial charge in [0.05, 0.1) is 29.2 Å². The van der Waals surface area contributed by atoms with Crippen LogP contribution in [0.2, 0.25) is 0 Å². The lowest BCUT2D eigenvalue weighted by molar-refractivity contribution is -0.144. The first-order valence-electron chi connectivity index (χ1n) is 13.8. The van der Waals surface area contributed by atoms with Gasteiger partial charge in [0.15, 0.2) is 11.4 Å². The van der Waals surface area contributed by atoms with Gasteiger partial charge < -0.3 is 28.9 Å². The number of H-pyrrole nitrogens is 1. The molecule has 0 spiro atoms. The minimum Gasteiger partial charge on any atom is -0.450 e. The van der Waals surface area contributed by atoms with E-state index >= 15 is 0 Å². The minimum absolute atomic E-state index is 0.0110. The van der Waals surface area contributed by atoms with Crippen molar-refractivity contribution in [1.29, 1.82) is 0 Å². The van der Waals surface area contributed by atoms with Gasteiger partial charge in [-0.25, -0.2) is 14.8 Å². The highest BCUT2D eigenvalue weighted by Gasteiger charge is 2.38. The van der Waals surface area contributed by atoms with Crippen LogP contribution in [0.5, 0.6) is 0 Å². The predicted octanol–water partition coefficient (Wildman–Crippen LogP) is 5.49. The summed E-state index contributed by atoms with van der Waals surface area (Å²) in [4.78, 5) is 35.0. The number of carbonyl (C=O) groups is 1. The van der Waals surface area contributed by atoms with E-state index in [0.717, 1.165) is 30.9 Å². The highest BCUT2D eigenvalue weighted by atomic mass is 19.4. The van der Waals surface area contributed by atoms with E-state index in [0.29, 0.717) is 30.4 Å². The van der Waals surface area contributed by atoms with Gasteiger partial charge in [-0.1, -0.05) is 31.2 Å². The smallest absolute Gasteiger partial charge is 0.450 e. The van der Waals surface area contributed by atoms with E-state index in [1.165, 1.54) is 0 Å². The van der Waals surface area contributed by atoms with Crippen LogP contribution in [0.25, 0.3) is 33.1 Å². The van der Waals surface area contributed by atoms with Gasteiger partial charge in [0.25, 0.3) is 0 Å². The van der Waals surface area contributed by atoms with Crippen molar-refractivity contribution in [3.63, 3.8) is 0 Å². The number of nitrogens with one attached hydrogen (secondary N) is 1. The number of hydrogen-bond acceptors (Lipinski definition) is 8. The normalized spacial score (nSPS) is 16.5. The van der Waals surface area contributed by atoms with Crippen molar-refractivity contribution in [1.82, 2.24) is 19.5 Å². The molecule has 0 bridgehead atoms. The molecular formula is C30H34F3N5O5. The second kappa shape index (κ2) is 13.4. The molecule has 43 heavy (non-hydrogen) atoms. The molecule has 230 valence electrons. The van der Waals surface area contributed by atoms with E-state index in [1.54, 1.807) is 40.8 Å². The zero-order valence-electron chi connectivity index (χ0n) is 24.3. The van der Waals surface area contributed by atoms with Crippen molar-refractivity contribution in [2.45, 2.75) is 57.5 Å². The molecule has 2 N–H and O–H groups in total. The van der Waals surface area contributed by atoms with Crippen LogP contribution in [0.3, 0.4) is 0 Å². The Balaban J connectivity index is 0.000000197. The van der Waals surface area contributed by atoms with Crippen LogP contribution in [0.15, 0.2) is 57.7 Å². The van der Waals surface area contributed by atoms with E-state index in [-0.39, 0.29) is 34.8 Å². The summed E-state index contributed by atoms with van der Waals surface area (Å²) < 4.78 is 52.5. The molecule has 10 nitrogen and oxygen atoms in total. The molecular weight excluding hydrogens is 567 g/mol. The monoisotopic (exact) mass is 601 g/mol. The number of anilines is 1. The number of benzene rings is 2. The lowest BCUT2D eigenvalue weighted by Gasteiger charge is -2.22. The predicted molar refractivity (Wildman–Crippen MR) is 157 cm³/mol. The number of carbonyl (C=O) groups excluding carboxylic acids is 1. The van der Waals surface area contributed by atoms with Crippen LogP contribution in [0, 0.1) is 0 Å². The number of para-hydroxylation sites is 3. The number of aldehydes is 1. The van der Waals surface area contributed by atoms with Gasteiger partial charge in [-0.05, 0) is 50.5 Å². The van der Waals surface area contributed by atoms with Crippen molar-refractivity contribution in [3.05, 3.63) is 64.8 Å². The van der Waals surface area contributed by atoms with Crippen LogP contribution < -0.4 is 10.6 Å². The Hall–Kier alpha value is -4.23. The molecule has 2 aromatic carbocycles. The summed E-state index contributed by atoms with van der Waals surface area (Å²) in [6.07, 6.45) is -1.80. The number of imidazole rings is 1. The number of hydrogen-bond donors (Lipinski definition) is 2. The molecule has 1 aliphatic heterocycles. The standard InChI is InChI=1S/C16H12F3N3O2.C13H18N2O2.CH4O/c17-16(18,19)15-20-12-10-5-1-2-6-11(10)24-13(12)14(21-15)22-7-3-4-9(22)8-23;1-4-11(9(2)17-3)15-12-8-6-5-7-10(12)14-13(15)16;1-2/h1-2,5-6,8-9H,3-4,7H2;5-9,11H,4H2,1-3H3,(H,14,16);2H,1H3/t9-;9-,11-;/m00./s1. The van der Waals surface area contributed by atoms with Gasteiger partial charge in [0.1, 0.15) is 17.4 Å². The number of aliphatic hydroxyl groups is 1. The summed E-state index contributed by atoms with van der Waals surface area (Å²) >= 11 is 0. The van der Waals surface area contributed by atoms with Crippen molar-refractivity contribution in [3.8, 4) is 0 Å². The Labute approximate surface area is 245 Å². The molecule has 0 radical (unpaired) electrons. The molecule has 1 fully saturated rings.